The third-order valence-electron chi connectivity index (χ3n) is 1.41. The Kier molecular flexibility index (Phi) is 3.72. The Morgan fingerprint density at radius 1 is 1.36 bits per heavy atom. The van der Waals surface area contributed by atoms with Crippen LogP contribution in [0.25, 0.3) is 0 Å². The number of unbranched alkanes of at least 4 members (excludes halogenated alkanes) is 1. The fraction of sp³-hybridized carbons (Fsp3) is 0.714. The summed E-state index contributed by atoms with van der Waals surface area (Å²) in [6, 6.07) is 1.19. The summed E-state index contributed by atoms with van der Waals surface area (Å²) >= 11 is 1.71. The lowest BCUT2D eigenvalue weighted by molar-refractivity contribution is 0.778. The van der Waals surface area contributed by atoms with Crippen molar-refractivity contribution in [2.75, 3.05) is 0 Å². The molecule has 1 rings (SSSR count). The molecule has 0 bridgehead atoms. The fourth-order valence-electron chi connectivity index (χ4n) is 0.859. The minimum Gasteiger partial charge on any atom is -0.144 e. The van der Waals surface area contributed by atoms with Gasteiger partial charge in [0.1, 0.15) is 10.0 Å². The Labute approximate surface area is 74.5 Å². The van der Waals surface area contributed by atoms with E-state index in [2.05, 4.69) is 20.4 Å². The van der Waals surface area contributed by atoms with Crippen molar-refractivity contribution in [2.45, 2.75) is 32.2 Å². The molecule has 11 heavy (non-hydrogen) atoms. The van der Waals surface area contributed by atoms with Gasteiger partial charge in [-0.15, -0.1) is 21.5 Å². The number of aromatic nitrogens is 2. The quantitative estimate of drug-likeness (QED) is 0.523. The predicted molar refractivity (Wildman–Crippen MR) is 49.5 cm³/mol. The molecule has 0 saturated carbocycles. The molecule has 0 amide bonds. The maximum absolute atomic E-state index is 4.05. The zero-order chi connectivity index (χ0) is 8.10. The van der Waals surface area contributed by atoms with Crippen molar-refractivity contribution in [3.8, 4) is 0 Å². The van der Waals surface area contributed by atoms with Crippen LogP contribution in [-0.4, -0.2) is 20.4 Å². The summed E-state index contributed by atoms with van der Waals surface area (Å²) in [5.74, 6) is 0. The highest BCUT2D eigenvalue weighted by atomic mass is 32.1. The van der Waals surface area contributed by atoms with Crippen LogP contribution in [0.2, 0.25) is 6.04 Å². The van der Waals surface area contributed by atoms with Crippen LogP contribution in [0.3, 0.4) is 0 Å². The largest absolute Gasteiger partial charge is 0.144 e. The molecule has 60 valence electrons. The van der Waals surface area contributed by atoms with E-state index in [0.29, 0.717) is 0 Å². The highest BCUT2D eigenvalue weighted by molar-refractivity contribution is 7.11. The van der Waals surface area contributed by atoms with E-state index in [9.17, 15) is 0 Å². The van der Waals surface area contributed by atoms with Gasteiger partial charge < -0.3 is 0 Å². The predicted octanol–water partition coefficient (Wildman–Crippen LogP) is 1.49. The fourth-order valence-corrected chi connectivity index (χ4v) is 1.90. The third kappa shape index (κ3) is 3.12. The molecule has 0 aliphatic heterocycles. The van der Waals surface area contributed by atoms with Crippen LogP contribution in [0, 0.1) is 6.92 Å². The van der Waals surface area contributed by atoms with Crippen LogP contribution in [0.5, 0.6) is 0 Å². The maximum atomic E-state index is 4.05. The zero-order valence-corrected chi connectivity index (χ0v) is 8.68. The molecule has 0 N–H and O–H groups in total. The molecular formula is C7H12N2SSi. The molecule has 0 atom stereocenters. The van der Waals surface area contributed by atoms with Crippen LogP contribution in [0.15, 0.2) is 0 Å². The van der Waals surface area contributed by atoms with E-state index in [1.54, 1.807) is 11.3 Å². The van der Waals surface area contributed by atoms with Gasteiger partial charge in [0.15, 0.2) is 0 Å². The zero-order valence-electron chi connectivity index (χ0n) is 6.71. The van der Waals surface area contributed by atoms with Gasteiger partial charge in [0, 0.05) is 16.7 Å². The monoisotopic (exact) mass is 184 g/mol. The third-order valence-corrected chi connectivity index (χ3v) is 2.72. The van der Waals surface area contributed by atoms with Crippen molar-refractivity contribution in [1.29, 1.82) is 0 Å². The molecule has 0 aromatic carbocycles. The molecule has 0 spiro atoms. The number of nitrogens with zero attached hydrogens (tertiary/aromatic N) is 2. The second-order valence-corrected chi connectivity index (χ2v) is 4.30. The standard InChI is InChI=1S/C7H12N2SSi/c1-6-8-9-7(10-6)4-2-3-5-11/h11H,2-5H2,1H3. The van der Waals surface area contributed by atoms with Crippen molar-refractivity contribution in [1.82, 2.24) is 10.2 Å². The summed E-state index contributed by atoms with van der Waals surface area (Å²) in [5.41, 5.74) is 0. The molecule has 1 aromatic rings. The SMILES string of the molecule is Cc1nnc(CCCC[SiH])s1. The van der Waals surface area contributed by atoms with Crippen LogP contribution < -0.4 is 0 Å². The molecule has 2 nitrogen and oxygen atoms in total. The molecule has 1 aromatic heterocycles. The Balaban J connectivity index is 2.27. The first-order valence-corrected chi connectivity index (χ1v) is 5.45. The Morgan fingerprint density at radius 2 is 2.18 bits per heavy atom. The first kappa shape index (κ1) is 8.87. The van der Waals surface area contributed by atoms with Crippen molar-refractivity contribution in [3.05, 3.63) is 10.0 Å². The average molecular weight is 184 g/mol. The topological polar surface area (TPSA) is 25.8 Å². The van der Waals surface area contributed by atoms with E-state index in [1.165, 1.54) is 23.9 Å². The second kappa shape index (κ2) is 4.61. The van der Waals surface area contributed by atoms with Crippen LogP contribution in [-0.2, 0) is 6.42 Å². The van der Waals surface area contributed by atoms with Gasteiger partial charge in [-0.2, -0.15) is 0 Å². The van der Waals surface area contributed by atoms with Crippen molar-refractivity contribution >= 4 is 21.6 Å². The number of hydrogen-bond donors (Lipinski definition) is 0. The van der Waals surface area contributed by atoms with Crippen molar-refractivity contribution in [3.63, 3.8) is 0 Å². The Morgan fingerprint density at radius 3 is 2.73 bits per heavy atom. The number of hydrogen-bond acceptors (Lipinski definition) is 3. The van der Waals surface area contributed by atoms with Crippen LogP contribution >= 0.6 is 11.3 Å². The minimum absolute atomic E-state index is 1.07. The molecule has 0 fully saturated rings. The second-order valence-electron chi connectivity index (χ2n) is 2.46. The van der Waals surface area contributed by atoms with Gasteiger partial charge in [-0.05, 0) is 13.3 Å². The van der Waals surface area contributed by atoms with E-state index < -0.39 is 0 Å². The normalized spacial score (nSPS) is 10.4. The van der Waals surface area contributed by atoms with E-state index in [0.717, 1.165) is 11.4 Å². The molecule has 0 aliphatic carbocycles. The smallest absolute Gasteiger partial charge is 0.117 e. The molecular weight excluding hydrogens is 172 g/mol. The van der Waals surface area contributed by atoms with Crippen molar-refractivity contribution < 1.29 is 0 Å². The lowest BCUT2D eigenvalue weighted by Gasteiger charge is -1.91. The van der Waals surface area contributed by atoms with Gasteiger partial charge in [0.05, 0.1) is 0 Å². The van der Waals surface area contributed by atoms with Gasteiger partial charge in [-0.1, -0.05) is 12.5 Å². The maximum Gasteiger partial charge on any atom is 0.117 e. The summed E-state index contributed by atoms with van der Waals surface area (Å²) in [6.07, 6.45) is 3.60. The summed E-state index contributed by atoms with van der Waals surface area (Å²) in [4.78, 5) is 0. The molecule has 0 aliphatic rings. The summed E-state index contributed by atoms with van der Waals surface area (Å²) in [6.45, 7) is 2.00. The first-order chi connectivity index (χ1) is 5.33. The van der Waals surface area contributed by atoms with Crippen LogP contribution in [0.1, 0.15) is 22.9 Å². The van der Waals surface area contributed by atoms with Crippen molar-refractivity contribution in [2.24, 2.45) is 0 Å². The van der Waals surface area contributed by atoms with Gasteiger partial charge in [-0.25, -0.2) is 0 Å². The van der Waals surface area contributed by atoms with Gasteiger partial charge in [-0.3, -0.25) is 0 Å². The van der Waals surface area contributed by atoms with E-state index in [-0.39, 0.29) is 0 Å². The average Bonchev–Trinajstić information content (AvgIpc) is 2.37. The van der Waals surface area contributed by atoms with E-state index in [1.807, 2.05) is 6.92 Å². The summed E-state index contributed by atoms with van der Waals surface area (Å²) < 4.78 is 0. The number of aryl methyl sites for hydroxylation is 2. The van der Waals surface area contributed by atoms with E-state index in [4.69, 9.17) is 0 Å². The molecule has 0 unspecified atom stereocenters. The lowest BCUT2D eigenvalue weighted by atomic mass is 10.3. The van der Waals surface area contributed by atoms with Crippen LogP contribution in [0.4, 0.5) is 0 Å². The molecule has 2 radical (unpaired) electrons. The number of rotatable bonds is 4. The first-order valence-electron chi connectivity index (χ1n) is 3.82. The minimum atomic E-state index is 1.07. The molecule has 4 heteroatoms. The van der Waals surface area contributed by atoms with E-state index >= 15 is 0 Å². The summed E-state index contributed by atoms with van der Waals surface area (Å²) in [7, 11) is 2.74. The summed E-state index contributed by atoms with van der Waals surface area (Å²) in [5, 5.41) is 10.3. The highest BCUT2D eigenvalue weighted by Gasteiger charge is 1.98. The Bertz CT molecular complexity index is 212. The highest BCUT2D eigenvalue weighted by Crippen LogP contribution is 2.11. The van der Waals surface area contributed by atoms with Gasteiger partial charge in [0.25, 0.3) is 0 Å². The van der Waals surface area contributed by atoms with Gasteiger partial charge in [0.2, 0.25) is 0 Å². The Hall–Kier alpha value is -0.223. The van der Waals surface area contributed by atoms with Gasteiger partial charge >= 0.3 is 0 Å². The molecule has 0 saturated heterocycles. The lowest BCUT2D eigenvalue weighted by Crippen LogP contribution is -1.83. The molecule has 1 heterocycles.